The van der Waals surface area contributed by atoms with Crippen LogP contribution in [0.5, 0.6) is 0 Å². The standard InChI is InChI=1S/C43H67NO12/c1-9-12-30-18-24(2)17-25(3)19-37(54-8)39-35(48)21-27(5)43(52,56-39)40(49)41(50)44-16-11-10-13-31(44)42(51)55-38(28(6)33(46)23-34(30)47)26(4)20-29-14-15-32(45)36(22-29)53-7/h9,18,20,25,27-33,35-39,45-46,48,52H,1,10-17,19,21-23H2,2-8H3/b24-18+,26-20+/t25-,27+,28+,29-,30+,31-,32?,33?,35-,36+,37-,38+,39-,43+/m0/s1. The summed E-state index contributed by atoms with van der Waals surface area (Å²) < 4.78 is 23.6. The SMILES string of the molecule is C=CC[C@@H]1/C=C(\C)C[C@H](C)C[C@H](OC)[C@H]2O[C@@](O)(C(=O)C(=O)N3CCCC[C@H]3C(=O)O[C@H](/C(C)=C/[C@@H]3CCC(O)[C@H](OC)C3)[C@H](C)C(O)CC1=O)[C@H](C)C[C@@H]2O. The van der Waals surface area contributed by atoms with Crippen molar-refractivity contribution in [2.75, 3.05) is 20.8 Å². The van der Waals surface area contributed by atoms with E-state index >= 15 is 0 Å². The summed E-state index contributed by atoms with van der Waals surface area (Å²) in [5, 5.41) is 45.1. The molecule has 4 N–H and O–H groups in total. The number of hydrogen-bond donors (Lipinski definition) is 4. The van der Waals surface area contributed by atoms with Crippen LogP contribution >= 0.6 is 0 Å². The van der Waals surface area contributed by atoms with Gasteiger partial charge in [0.15, 0.2) is 0 Å². The summed E-state index contributed by atoms with van der Waals surface area (Å²) in [6.45, 7) is 12.9. The number of ether oxygens (including phenoxy) is 4. The molecule has 4 aliphatic rings. The highest BCUT2D eigenvalue weighted by Crippen LogP contribution is 2.38. The number of esters is 1. The van der Waals surface area contributed by atoms with Gasteiger partial charge >= 0.3 is 5.97 Å². The number of rotatable bonds is 6. The molecule has 316 valence electrons. The van der Waals surface area contributed by atoms with Crippen LogP contribution in [0.2, 0.25) is 0 Å². The molecule has 3 heterocycles. The van der Waals surface area contributed by atoms with Gasteiger partial charge in [-0.1, -0.05) is 44.6 Å². The Hall–Kier alpha value is -2.78. The maximum Gasteiger partial charge on any atom is 0.329 e. The van der Waals surface area contributed by atoms with Crippen LogP contribution in [0, 0.1) is 29.6 Å². The Kier molecular flexibility index (Phi) is 16.6. The third-order valence-corrected chi connectivity index (χ3v) is 12.6. The minimum atomic E-state index is -2.59. The van der Waals surface area contributed by atoms with Crippen LogP contribution in [0.1, 0.15) is 105 Å². The van der Waals surface area contributed by atoms with Crippen LogP contribution in [-0.4, -0.2) is 124 Å². The van der Waals surface area contributed by atoms with E-state index in [9.17, 15) is 39.6 Å². The molecular formula is C43H67NO12. The van der Waals surface area contributed by atoms with E-state index in [1.807, 2.05) is 26.0 Å². The van der Waals surface area contributed by atoms with Crippen LogP contribution in [-0.2, 0) is 38.1 Å². The lowest BCUT2D eigenvalue weighted by atomic mass is 9.81. The van der Waals surface area contributed by atoms with Crippen LogP contribution in [0.3, 0.4) is 0 Å². The number of aliphatic hydroxyl groups excluding tert-OH is 3. The fourth-order valence-electron chi connectivity index (χ4n) is 9.22. The third-order valence-electron chi connectivity index (χ3n) is 12.6. The Morgan fingerprint density at radius 2 is 1.64 bits per heavy atom. The van der Waals surface area contributed by atoms with Crippen molar-refractivity contribution >= 4 is 23.4 Å². The Balaban J connectivity index is 1.77. The second-order valence-corrected chi connectivity index (χ2v) is 17.1. The summed E-state index contributed by atoms with van der Waals surface area (Å²) in [5.74, 6) is -8.21. The number of carbonyl (C=O) groups is 4. The molecule has 0 aromatic rings. The predicted octanol–water partition coefficient (Wildman–Crippen LogP) is 3.98. The van der Waals surface area contributed by atoms with E-state index in [4.69, 9.17) is 18.9 Å². The number of piperidine rings is 1. The van der Waals surface area contributed by atoms with Gasteiger partial charge in [0.05, 0.1) is 30.5 Å². The third kappa shape index (κ3) is 10.8. The number of aliphatic hydroxyl groups is 4. The van der Waals surface area contributed by atoms with Gasteiger partial charge in [-0.2, -0.15) is 0 Å². The van der Waals surface area contributed by atoms with Crippen molar-refractivity contribution in [2.45, 2.75) is 160 Å². The number of amides is 1. The van der Waals surface area contributed by atoms with Gasteiger partial charge in [0.25, 0.3) is 11.7 Å². The number of methoxy groups -OCH3 is 2. The van der Waals surface area contributed by atoms with Crippen molar-refractivity contribution in [1.29, 1.82) is 0 Å². The van der Waals surface area contributed by atoms with E-state index in [-0.39, 0.29) is 49.5 Å². The maximum absolute atomic E-state index is 14.2. The molecule has 0 spiro atoms. The molecule has 3 fully saturated rings. The average Bonchev–Trinajstić information content (AvgIpc) is 3.16. The molecule has 2 bridgehead atoms. The topological polar surface area (TPSA) is 189 Å². The van der Waals surface area contributed by atoms with Gasteiger partial charge in [0.2, 0.25) is 5.79 Å². The van der Waals surface area contributed by atoms with E-state index in [1.165, 1.54) is 14.0 Å². The number of cyclic esters (lactones) is 1. The van der Waals surface area contributed by atoms with Gasteiger partial charge in [-0.15, -0.1) is 6.58 Å². The second-order valence-electron chi connectivity index (χ2n) is 17.1. The molecular weight excluding hydrogens is 722 g/mol. The zero-order valence-electron chi connectivity index (χ0n) is 34.4. The molecule has 56 heavy (non-hydrogen) atoms. The fraction of sp³-hybridized carbons (Fsp3) is 0.767. The van der Waals surface area contributed by atoms with Gasteiger partial charge < -0.3 is 44.3 Å². The number of allylic oxidation sites excluding steroid dienone is 4. The first-order chi connectivity index (χ1) is 26.4. The molecule has 3 aliphatic heterocycles. The summed E-state index contributed by atoms with van der Waals surface area (Å²) in [4.78, 5) is 57.4. The largest absolute Gasteiger partial charge is 0.456 e. The second kappa shape index (κ2) is 20.3. The highest BCUT2D eigenvalue weighted by atomic mass is 16.7. The van der Waals surface area contributed by atoms with Crippen molar-refractivity contribution in [1.82, 2.24) is 4.90 Å². The smallest absolute Gasteiger partial charge is 0.329 e. The first-order valence-corrected chi connectivity index (χ1v) is 20.5. The minimum absolute atomic E-state index is 0.0192. The van der Waals surface area contributed by atoms with E-state index in [0.29, 0.717) is 56.9 Å². The zero-order chi connectivity index (χ0) is 41.5. The summed E-state index contributed by atoms with van der Waals surface area (Å²) in [7, 11) is 3.01. The predicted molar refractivity (Wildman–Crippen MR) is 208 cm³/mol. The first kappa shape index (κ1) is 45.9. The number of nitrogens with zero attached hydrogens (tertiary/aromatic N) is 1. The summed E-state index contributed by atoms with van der Waals surface area (Å²) >= 11 is 0. The lowest BCUT2D eigenvalue weighted by Gasteiger charge is -2.46. The maximum atomic E-state index is 14.2. The van der Waals surface area contributed by atoms with Crippen molar-refractivity contribution in [3.05, 3.63) is 36.0 Å². The molecule has 0 aromatic carbocycles. The molecule has 0 aromatic heterocycles. The number of Topliss-reactive ketones (excluding diaryl/α,β-unsaturated/α-hetero) is 2. The lowest BCUT2D eigenvalue weighted by Crippen LogP contribution is -2.64. The first-order valence-electron chi connectivity index (χ1n) is 20.5. The quantitative estimate of drug-likeness (QED) is 0.172. The van der Waals surface area contributed by atoms with Gasteiger partial charge in [-0.3, -0.25) is 14.4 Å². The summed E-state index contributed by atoms with van der Waals surface area (Å²) in [6, 6.07) is -1.17. The van der Waals surface area contributed by atoms with Crippen molar-refractivity contribution in [3.8, 4) is 0 Å². The minimum Gasteiger partial charge on any atom is -0.456 e. The Labute approximate surface area is 332 Å². The van der Waals surface area contributed by atoms with E-state index < -0.39 is 83.9 Å². The summed E-state index contributed by atoms with van der Waals surface area (Å²) in [5.41, 5.74) is 1.56. The fourth-order valence-corrected chi connectivity index (χ4v) is 9.22. The lowest BCUT2D eigenvalue weighted by molar-refractivity contribution is -0.300. The molecule has 13 heteroatoms. The normalized spacial score (nSPS) is 41.5. The van der Waals surface area contributed by atoms with Crippen molar-refractivity contribution in [2.24, 2.45) is 29.6 Å². The highest BCUT2D eigenvalue weighted by Gasteiger charge is 2.56. The number of hydrogen-bond acceptors (Lipinski definition) is 12. The molecule has 1 aliphatic carbocycles. The molecule has 1 saturated carbocycles. The molecule has 2 saturated heterocycles. The molecule has 2 unspecified atom stereocenters. The Morgan fingerprint density at radius 1 is 0.946 bits per heavy atom. The van der Waals surface area contributed by atoms with Crippen molar-refractivity contribution < 1.29 is 58.6 Å². The Bertz CT molecular complexity index is 1460. The van der Waals surface area contributed by atoms with Crippen LogP contribution in [0.4, 0.5) is 0 Å². The van der Waals surface area contributed by atoms with Gasteiger partial charge in [-0.05, 0) is 95.5 Å². The Morgan fingerprint density at radius 3 is 2.30 bits per heavy atom. The number of carbonyl (C=O) groups excluding carboxylic acids is 4. The van der Waals surface area contributed by atoms with Gasteiger partial charge in [0, 0.05) is 44.9 Å². The molecule has 14 atom stereocenters. The van der Waals surface area contributed by atoms with Crippen molar-refractivity contribution in [3.63, 3.8) is 0 Å². The van der Waals surface area contributed by atoms with Crippen LogP contribution in [0.15, 0.2) is 36.0 Å². The summed E-state index contributed by atoms with van der Waals surface area (Å²) in [6.07, 6.45) is 3.43. The highest BCUT2D eigenvalue weighted by molar-refractivity contribution is 6.39. The van der Waals surface area contributed by atoms with E-state index in [2.05, 4.69) is 6.58 Å². The van der Waals surface area contributed by atoms with Crippen LogP contribution < -0.4 is 0 Å². The zero-order valence-corrected chi connectivity index (χ0v) is 34.4. The van der Waals surface area contributed by atoms with E-state index in [0.717, 1.165) is 10.5 Å². The number of fused-ring (bicyclic) bond motifs is 3. The number of ketones is 2. The molecule has 1 amide bonds. The van der Waals surface area contributed by atoms with Crippen LogP contribution in [0.25, 0.3) is 0 Å². The molecule has 4 rings (SSSR count). The molecule has 13 nitrogen and oxygen atoms in total. The average molecular weight is 790 g/mol. The van der Waals surface area contributed by atoms with E-state index in [1.54, 1.807) is 27.0 Å². The van der Waals surface area contributed by atoms with Gasteiger partial charge in [-0.25, -0.2) is 4.79 Å². The monoisotopic (exact) mass is 789 g/mol. The molecule has 0 radical (unpaired) electrons. The van der Waals surface area contributed by atoms with Gasteiger partial charge in [0.1, 0.15) is 24.0 Å².